The SMILES string of the molecule is Nc1cccc2c1N=CN(c1ccccc1)C2. The summed E-state index contributed by atoms with van der Waals surface area (Å²) in [4.78, 5) is 6.54. The Hall–Kier alpha value is -2.29. The van der Waals surface area contributed by atoms with E-state index in [-0.39, 0.29) is 0 Å². The van der Waals surface area contributed by atoms with Gasteiger partial charge in [-0.3, -0.25) is 0 Å². The molecule has 2 aromatic rings. The lowest BCUT2D eigenvalue weighted by Crippen LogP contribution is -2.23. The maximum Gasteiger partial charge on any atom is 0.0961 e. The molecule has 0 aliphatic carbocycles. The van der Waals surface area contributed by atoms with Crippen molar-refractivity contribution in [2.24, 2.45) is 4.99 Å². The summed E-state index contributed by atoms with van der Waals surface area (Å²) >= 11 is 0. The first-order valence-electron chi connectivity index (χ1n) is 5.58. The van der Waals surface area contributed by atoms with Crippen LogP contribution in [-0.4, -0.2) is 6.34 Å². The van der Waals surface area contributed by atoms with Gasteiger partial charge in [-0.25, -0.2) is 4.99 Å². The van der Waals surface area contributed by atoms with E-state index in [0.717, 1.165) is 29.2 Å². The highest BCUT2D eigenvalue weighted by atomic mass is 15.2. The van der Waals surface area contributed by atoms with Gasteiger partial charge in [0.15, 0.2) is 0 Å². The van der Waals surface area contributed by atoms with Crippen molar-refractivity contribution in [3.05, 3.63) is 54.1 Å². The molecule has 84 valence electrons. The van der Waals surface area contributed by atoms with E-state index < -0.39 is 0 Å². The Morgan fingerprint density at radius 2 is 1.82 bits per heavy atom. The van der Waals surface area contributed by atoms with Crippen LogP contribution in [0.5, 0.6) is 0 Å². The molecule has 2 aromatic carbocycles. The Labute approximate surface area is 100 Å². The van der Waals surface area contributed by atoms with Crippen molar-refractivity contribution in [3.8, 4) is 0 Å². The molecule has 3 heteroatoms. The molecule has 1 aliphatic rings. The monoisotopic (exact) mass is 223 g/mol. The predicted molar refractivity (Wildman–Crippen MR) is 71.6 cm³/mol. The van der Waals surface area contributed by atoms with Gasteiger partial charge in [-0.1, -0.05) is 30.3 Å². The van der Waals surface area contributed by atoms with E-state index >= 15 is 0 Å². The van der Waals surface area contributed by atoms with Gasteiger partial charge in [0.1, 0.15) is 0 Å². The van der Waals surface area contributed by atoms with E-state index in [2.05, 4.69) is 28.1 Å². The largest absolute Gasteiger partial charge is 0.397 e. The highest BCUT2D eigenvalue weighted by molar-refractivity contribution is 5.86. The van der Waals surface area contributed by atoms with Gasteiger partial charge in [-0.15, -0.1) is 0 Å². The fourth-order valence-electron chi connectivity index (χ4n) is 2.03. The van der Waals surface area contributed by atoms with Gasteiger partial charge in [-0.2, -0.15) is 0 Å². The third kappa shape index (κ3) is 1.76. The molecule has 17 heavy (non-hydrogen) atoms. The van der Waals surface area contributed by atoms with Crippen LogP contribution in [0.2, 0.25) is 0 Å². The van der Waals surface area contributed by atoms with E-state index in [1.807, 2.05) is 36.7 Å². The van der Waals surface area contributed by atoms with Crippen LogP contribution in [0, 0.1) is 0 Å². The van der Waals surface area contributed by atoms with E-state index in [1.165, 1.54) is 0 Å². The van der Waals surface area contributed by atoms with Crippen LogP contribution in [0.25, 0.3) is 0 Å². The number of anilines is 2. The van der Waals surface area contributed by atoms with Crippen molar-refractivity contribution < 1.29 is 0 Å². The number of nitrogen functional groups attached to an aromatic ring is 1. The molecule has 0 fully saturated rings. The van der Waals surface area contributed by atoms with Gasteiger partial charge in [0.05, 0.1) is 24.3 Å². The number of aliphatic imine (C=N–C) groups is 1. The second kappa shape index (κ2) is 3.94. The number of benzene rings is 2. The molecule has 3 rings (SSSR count). The van der Waals surface area contributed by atoms with Crippen LogP contribution >= 0.6 is 0 Å². The zero-order valence-electron chi connectivity index (χ0n) is 9.38. The highest BCUT2D eigenvalue weighted by Gasteiger charge is 2.14. The zero-order valence-corrected chi connectivity index (χ0v) is 9.38. The van der Waals surface area contributed by atoms with Crippen molar-refractivity contribution in [2.75, 3.05) is 10.6 Å². The zero-order chi connectivity index (χ0) is 11.7. The fourth-order valence-corrected chi connectivity index (χ4v) is 2.03. The molecule has 0 atom stereocenters. The normalized spacial score (nSPS) is 13.5. The number of rotatable bonds is 1. The average molecular weight is 223 g/mol. The summed E-state index contributed by atoms with van der Waals surface area (Å²) in [5, 5.41) is 0. The van der Waals surface area contributed by atoms with Crippen molar-refractivity contribution in [1.29, 1.82) is 0 Å². The molecule has 0 aromatic heterocycles. The average Bonchev–Trinajstić information content (AvgIpc) is 2.40. The summed E-state index contributed by atoms with van der Waals surface area (Å²) in [5.41, 5.74) is 9.84. The lowest BCUT2D eigenvalue weighted by atomic mass is 10.1. The quantitative estimate of drug-likeness (QED) is 0.755. The molecule has 0 radical (unpaired) electrons. The molecule has 0 bridgehead atoms. The number of para-hydroxylation sites is 2. The molecule has 0 spiro atoms. The van der Waals surface area contributed by atoms with Crippen molar-refractivity contribution in [1.82, 2.24) is 0 Å². The minimum atomic E-state index is 0.742. The topological polar surface area (TPSA) is 41.6 Å². The Balaban J connectivity index is 1.97. The minimum Gasteiger partial charge on any atom is -0.397 e. The molecule has 0 unspecified atom stereocenters. The van der Waals surface area contributed by atoms with Crippen LogP contribution in [-0.2, 0) is 6.54 Å². The molecule has 1 aliphatic heterocycles. The van der Waals surface area contributed by atoms with Crippen LogP contribution in [0.15, 0.2) is 53.5 Å². The second-order valence-electron chi connectivity index (χ2n) is 4.06. The first-order valence-corrected chi connectivity index (χ1v) is 5.58. The van der Waals surface area contributed by atoms with Gasteiger partial charge < -0.3 is 10.6 Å². The van der Waals surface area contributed by atoms with Gasteiger partial charge >= 0.3 is 0 Å². The minimum absolute atomic E-state index is 0.742. The summed E-state index contributed by atoms with van der Waals surface area (Å²) in [5.74, 6) is 0. The van der Waals surface area contributed by atoms with E-state index in [9.17, 15) is 0 Å². The van der Waals surface area contributed by atoms with Crippen LogP contribution in [0.3, 0.4) is 0 Å². The molecule has 1 heterocycles. The number of nitrogens with zero attached hydrogens (tertiary/aromatic N) is 2. The molecule has 2 N–H and O–H groups in total. The standard InChI is InChI=1S/C14H13N3/c15-13-8-4-5-11-9-17(10-16-14(11)13)12-6-2-1-3-7-12/h1-8,10H,9,15H2. The van der Waals surface area contributed by atoms with Crippen LogP contribution < -0.4 is 10.6 Å². The predicted octanol–water partition coefficient (Wildman–Crippen LogP) is 2.95. The maximum atomic E-state index is 5.89. The van der Waals surface area contributed by atoms with Crippen LogP contribution in [0.1, 0.15) is 5.56 Å². The van der Waals surface area contributed by atoms with Crippen molar-refractivity contribution in [2.45, 2.75) is 6.54 Å². The van der Waals surface area contributed by atoms with E-state index in [4.69, 9.17) is 5.73 Å². The summed E-state index contributed by atoms with van der Waals surface area (Å²) in [7, 11) is 0. The van der Waals surface area contributed by atoms with Gasteiger partial charge in [-0.05, 0) is 23.8 Å². The van der Waals surface area contributed by atoms with Crippen LogP contribution in [0.4, 0.5) is 17.1 Å². The number of hydrogen-bond acceptors (Lipinski definition) is 3. The maximum absolute atomic E-state index is 5.89. The molecule has 3 nitrogen and oxygen atoms in total. The summed E-state index contributed by atoms with van der Waals surface area (Å²) in [6.07, 6.45) is 1.84. The van der Waals surface area contributed by atoms with Gasteiger partial charge in [0.2, 0.25) is 0 Å². The number of nitrogens with two attached hydrogens (primary N) is 1. The summed E-state index contributed by atoms with van der Waals surface area (Å²) in [6.45, 7) is 0.813. The smallest absolute Gasteiger partial charge is 0.0961 e. The number of hydrogen-bond donors (Lipinski definition) is 1. The lowest BCUT2D eigenvalue weighted by Gasteiger charge is -2.24. The van der Waals surface area contributed by atoms with Crippen molar-refractivity contribution >= 4 is 23.4 Å². The highest BCUT2D eigenvalue weighted by Crippen LogP contribution is 2.31. The fraction of sp³-hybridized carbons (Fsp3) is 0.0714. The molecule has 0 saturated heterocycles. The Kier molecular flexibility index (Phi) is 2.29. The molecule has 0 saturated carbocycles. The lowest BCUT2D eigenvalue weighted by molar-refractivity contribution is 0.998. The van der Waals surface area contributed by atoms with Crippen molar-refractivity contribution in [3.63, 3.8) is 0 Å². The van der Waals surface area contributed by atoms with E-state index in [0.29, 0.717) is 0 Å². The Morgan fingerprint density at radius 1 is 1.00 bits per heavy atom. The summed E-state index contributed by atoms with van der Waals surface area (Å²) < 4.78 is 0. The third-order valence-electron chi connectivity index (χ3n) is 2.91. The molecular formula is C14H13N3. The molecule has 0 amide bonds. The Morgan fingerprint density at radius 3 is 2.65 bits per heavy atom. The Bertz CT molecular complexity index is 561. The molecular weight excluding hydrogens is 210 g/mol. The van der Waals surface area contributed by atoms with Gasteiger partial charge in [0, 0.05) is 5.69 Å². The number of fused-ring (bicyclic) bond motifs is 1. The van der Waals surface area contributed by atoms with E-state index in [1.54, 1.807) is 0 Å². The first-order chi connectivity index (χ1) is 8.34. The summed E-state index contributed by atoms with van der Waals surface area (Å²) in [6, 6.07) is 16.1. The first kappa shape index (κ1) is 9.90. The third-order valence-corrected chi connectivity index (χ3v) is 2.91. The second-order valence-corrected chi connectivity index (χ2v) is 4.06. The van der Waals surface area contributed by atoms with Gasteiger partial charge in [0.25, 0.3) is 0 Å².